The van der Waals surface area contributed by atoms with Crippen molar-refractivity contribution in [1.29, 1.82) is 0 Å². The first-order chi connectivity index (χ1) is 11.7. The van der Waals surface area contributed by atoms with E-state index in [9.17, 15) is 0 Å². The topological polar surface area (TPSA) is 58.3 Å². The lowest BCUT2D eigenvalue weighted by molar-refractivity contribution is 0.223. The summed E-state index contributed by atoms with van der Waals surface area (Å²) in [6.45, 7) is 8.90. The van der Waals surface area contributed by atoms with E-state index in [4.69, 9.17) is 4.42 Å². The van der Waals surface area contributed by atoms with E-state index in [1.54, 1.807) is 17.7 Å². The molecule has 6 nitrogen and oxygen atoms in total. The fraction of sp³-hybridized carbons (Fsp3) is 0.471. The Hall–Kier alpha value is -1.99. The highest BCUT2D eigenvalue weighted by molar-refractivity contribution is 7.17. The first kappa shape index (κ1) is 15.5. The fourth-order valence-electron chi connectivity index (χ4n) is 2.97. The molecule has 0 radical (unpaired) electrons. The maximum absolute atomic E-state index is 5.82. The quantitative estimate of drug-likeness (QED) is 0.725. The largest absolute Gasteiger partial charge is 0.444 e. The third-order valence-corrected chi connectivity index (χ3v) is 5.30. The van der Waals surface area contributed by atoms with Gasteiger partial charge in [0.15, 0.2) is 0 Å². The zero-order valence-electron chi connectivity index (χ0n) is 14.0. The summed E-state index contributed by atoms with van der Waals surface area (Å²) >= 11 is 1.71. The molecule has 0 saturated carbocycles. The summed E-state index contributed by atoms with van der Waals surface area (Å²) in [6.07, 6.45) is 3.52. The first-order valence-electron chi connectivity index (χ1n) is 8.31. The van der Waals surface area contributed by atoms with Crippen LogP contribution in [0, 0.1) is 0 Å². The van der Waals surface area contributed by atoms with Gasteiger partial charge in [0.1, 0.15) is 17.9 Å². The lowest BCUT2D eigenvalue weighted by atomic mass is 10.2. The van der Waals surface area contributed by atoms with E-state index in [1.807, 2.05) is 6.20 Å². The van der Waals surface area contributed by atoms with Crippen molar-refractivity contribution in [3.63, 3.8) is 0 Å². The van der Waals surface area contributed by atoms with Gasteiger partial charge in [-0.25, -0.2) is 15.0 Å². The summed E-state index contributed by atoms with van der Waals surface area (Å²) in [7, 11) is 0. The van der Waals surface area contributed by atoms with Gasteiger partial charge in [-0.15, -0.1) is 11.3 Å². The minimum absolute atomic E-state index is 0.383. The molecule has 0 spiro atoms. The Kier molecular flexibility index (Phi) is 4.20. The Morgan fingerprint density at radius 1 is 1.17 bits per heavy atom. The van der Waals surface area contributed by atoms with Gasteiger partial charge < -0.3 is 9.32 Å². The van der Waals surface area contributed by atoms with E-state index in [2.05, 4.69) is 50.0 Å². The van der Waals surface area contributed by atoms with Crippen LogP contribution >= 0.6 is 11.3 Å². The van der Waals surface area contributed by atoms with Crippen LogP contribution in [0.5, 0.6) is 0 Å². The zero-order valence-corrected chi connectivity index (χ0v) is 14.8. The molecule has 0 amide bonds. The van der Waals surface area contributed by atoms with Crippen LogP contribution < -0.4 is 4.90 Å². The number of fused-ring (bicyclic) bond motifs is 1. The molecule has 4 rings (SSSR count). The minimum Gasteiger partial charge on any atom is -0.444 e. The van der Waals surface area contributed by atoms with Crippen molar-refractivity contribution in [2.45, 2.75) is 26.3 Å². The minimum atomic E-state index is 0.383. The molecular formula is C17H21N5OS. The second kappa shape index (κ2) is 6.49. The molecule has 1 aliphatic heterocycles. The predicted octanol–water partition coefficient (Wildman–Crippen LogP) is 3.12. The number of piperazine rings is 1. The summed E-state index contributed by atoms with van der Waals surface area (Å²) in [5, 5.41) is 2.08. The number of hydrogen-bond acceptors (Lipinski definition) is 7. The second-order valence-electron chi connectivity index (χ2n) is 6.41. The number of hydrogen-bond donors (Lipinski definition) is 0. The lowest BCUT2D eigenvalue weighted by Gasteiger charge is -2.34. The van der Waals surface area contributed by atoms with E-state index in [1.165, 1.54) is 4.70 Å². The van der Waals surface area contributed by atoms with Crippen molar-refractivity contribution in [2.24, 2.45) is 0 Å². The molecule has 1 saturated heterocycles. The van der Waals surface area contributed by atoms with Crippen LogP contribution in [0.3, 0.4) is 0 Å². The van der Waals surface area contributed by atoms with E-state index < -0.39 is 0 Å². The number of anilines is 1. The Labute approximate surface area is 145 Å². The lowest BCUT2D eigenvalue weighted by Crippen LogP contribution is -2.46. The molecule has 0 atom stereocenters. The predicted molar refractivity (Wildman–Crippen MR) is 95.5 cm³/mol. The van der Waals surface area contributed by atoms with Crippen molar-refractivity contribution in [1.82, 2.24) is 19.9 Å². The highest BCUT2D eigenvalue weighted by atomic mass is 32.1. The summed E-state index contributed by atoms with van der Waals surface area (Å²) in [5.74, 6) is 3.22. The molecule has 1 fully saturated rings. The molecule has 0 aromatic carbocycles. The fourth-order valence-corrected chi connectivity index (χ4v) is 3.84. The standard InChI is InChI=1S/C17H21N5OS/c1-12(2)14-9-18-15(23-14)10-21-4-6-22(7-5-21)17-16-13(3-8-24-16)19-11-20-17/h3,8-9,11-12H,4-7,10H2,1-2H3. The average Bonchev–Trinajstić information content (AvgIpc) is 3.24. The van der Waals surface area contributed by atoms with Crippen molar-refractivity contribution < 1.29 is 4.42 Å². The maximum Gasteiger partial charge on any atom is 0.208 e. The Bertz CT molecular complexity index is 819. The van der Waals surface area contributed by atoms with Gasteiger partial charge >= 0.3 is 0 Å². The van der Waals surface area contributed by atoms with Crippen molar-refractivity contribution in [2.75, 3.05) is 31.1 Å². The summed E-state index contributed by atoms with van der Waals surface area (Å²) in [5.41, 5.74) is 1.04. The van der Waals surface area contributed by atoms with Crippen LogP contribution in [0.25, 0.3) is 10.2 Å². The number of rotatable bonds is 4. The SMILES string of the molecule is CC(C)c1cnc(CN2CCN(c3ncnc4ccsc34)CC2)o1. The van der Waals surface area contributed by atoms with Gasteiger partial charge in [0.05, 0.1) is 23.0 Å². The molecule has 4 heterocycles. The molecule has 0 N–H and O–H groups in total. The summed E-state index contributed by atoms with van der Waals surface area (Å²) in [6, 6.07) is 2.05. The van der Waals surface area contributed by atoms with Crippen LogP contribution in [0.1, 0.15) is 31.4 Å². The van der Waals surface area contributed by atoms with E-state index in [0.717, 1.165) is 55.7 Å². The first-order valence-corrected chi connectivity index (χ1v) is 9.19. The molecule has 1 aliphatic rings. The average molecular weight is 343 g/mol. The Morgan fingerprint density at radius 2 is 2.00 bits per heavy atom. The molecule has 0 unspecified atom stereocenters. The smallest absolute Gasteiger partial charge is 0.208 e. The van der Waals surface area contributed by atoms with E-state index in [0.29, 0.717) is 5.92 Å². The number of oxazole rings is 1. The van der Waals surface area contributed by atoms with Crippen LogP contribution in [0.2, 0.25) is 0 Å². The monoisotopic (exact) mass is 343 g/mol. The molecule has 3 aromatic heterocycles. The van der Waals surface area contributed by atoms with Crippen LogP contribution in [0.4, 0.5) is 5.82 Å². The van der Waals surface area contributed by atoms with Crippen LogP contribution in [-0.2, 0) is 6.54 Å². The van der Waals surface area contributed by atoms with Gasteiger partial charge in [-0.1, -0.05) is 13.8 Å². The highest BCUT2D eigenvalue weighted by Crippen LogP contribution is 2.28. The Morgan fingerprint density at radius 3 is 2.75 bits per heavy atom. The van der Waals surface area contributed by atoms with Gasteiger partial charge in [0.25, 0.3) is 0 Å². The highest BCUT2D eigenvalue weighted by Gasteiger charge is 2.21. The summed E-state index contributed by atoms with van der Waals surface area (Å²) < 4.78 is 7.00. The maximum atomic E-state index is 5.82. The number of thiophene rings is 1. The van der Waals surface area contributed by atoms with Gasteiger partial charge in [-0.3, -0.25) is 4.90 Å². The van der Waals surface area contributed by atoms with Crippen LogP contribution in [0.15, 0.2) is 28.4 Å². The van der Waals surface area contributed by atoms with E-state index in [-0.39, 0.29) is 0 Å². The molecule has 24 heavy (non-hydrogen) atoms. The van der Waals surface area contributed by atoms with Crippen molar-refractivity contribution >= 4 is 27.4 Å². The van der Waals surface area contributed by atoms with E-state index >= 15 is 0 Å². The molecule has 7 heteroatoms. The van der Waals surface area contributed by atoms with Crippen molar-refractivity contribution in [3.8, 4) is 0 Å². The third-order valence-electron chi connectivity index (χ3n) is 4.40. The number of aromatic nitrogens is 3. The van der Waals surface area contributed by atoms with Gasteiger partial charge in [0, 0.05) is 32.1 Å². The number of nitrogens with zero attached hydrogens (tertiary/aromatic N) is 5. The van der Waals surface area contributed by atoms with Crippen LogP contribution in [-0.4, -0.2) is 46.0 Å². The molecule has 126 valence electrons. The zero-order chi connectivity index (χ0) is 16.5. The molecule has 0 aliphatic carbocycles. The second-order valence-corrected chi connectivity index (χ2v) is 7.32. The molecular weight excluding hydrogens is 322 g/mol. The van der Waals surface area contributed by atoms with Gasteiger partial charge in [-0.05, 0) is 11.4 Å². The molecule has 0 bridgehead atoms. The Balaban J connectivity index is 1.40. The van der Waals surface area contributed by atoms with Gasteiger partial charge in [0.2, 0.25) is 5.89 Å². The summed E-state index contributed by atoms with van der Waals surface area (Å²) in [4.78, 5) is 18.0. The van der Waals surface area contributed by atoms with Gasteiger partial charge in [-0.2, -0.15) is 0 Å². The normalized spacial score (nSPS) is 16.4. The van der Waals surface area contributed by atoms with Crippen molar-refractivity contribution in [3.05, 3.63) is 35.6 Å². The molecule has 3 aromatic rings. The third kappa shape index (κ3) is 3.01.